The third kappa shape index (κ3) is 1.60. The molecule has 2 spiro atoms. The van der Waals surface area contributed by atoms with Crippen molar-refractivity contribution >= 4 is 23.8 Å². The van der Waals surface area contributed by atoms with Gasteiger partial charge in [0.05, 0.1) is 4.08 Å². The molecule has 3 heteroatoms. The molecule has 1 aliphatic heterocycles. The van der Waals surface area contributed by atoms with Gasteiger partial charge < -0.3 is 0 Å². The first-order valence-electron chi connectivity index (χ1n) is 10.3. The van der Waals surface area contributed by atoms with E-state index in [0.29, 0.717) is 4.08 Å². The summed E-state index contributed by atoms with van der Waals surface area (Å²) in [5.41, 5.74) is 0. The molecule has 0 atom stereocenters. The molecule has 126 valence electrons. The molecule has 8 bridgehead atoms. The molecular formula is C20H28OS2. The Bertz CT molecular complexity index is 454. The molecule has 0 unspecified atom stereocenters. The highest BCUT2D eigenvalue weighted by molar-refractivity contribution is 8.19. The second kappa shape index (κ2) is 4.31. The second-order valence-corrected chi connectivity index (χ2v) is 13.1. The Balaban J connectivity index is 1.27. The Morgan fingerprint density at radius 2 is 1.00 bits per heavy atom. The Hall–Kier alpha value is 0.660. The van der Waals surface area contributed by atoms with E-state index in [0.717, 1.165) is 47.3 Å². The molecule has 0 aromatic rings. The molecule has 1 heterocycles. The van der Waals surface area contributed by atoms with Gasteiger partial charge in [-0.25, -0.2) is 0 Å². The molecule has 1 saturated heterocycles. The van der Waals surface area contributed by atoms with E-state index in [9.17, 15) is 0 Å². The zero-order chi connectivity index (χ0) is 14.8. The van der Waals surface area contributed by atoms with Gasteiger partial charge in [-0.3, -0.25) is 4.18 Å². The lowest BCUT2D eigenvalue weighted by Crippen LogP contribution is -2.57. The van der Waals surface area contributed by atoms with Gasteiger partial charge >= 0.3 is 0 Å². The monoisotopic (exact) mass is 348 g/mol. The summed E-state index contributed by atoms with van der Waals surface area (Å²) >= 11 is 4.45. The van der Waals surface area contributed by atoms with Crippen molar-refractivity contribution in [3.8, 4) is 0 Å². The highest BCUT2D eigenvalue weighted by atomic mass is 32.2. The number of thioether (sulfide) groups is 1. The molecule has 8 saturated carbocycles. The van der Waals surface area contributed by atoms with Crippen LogP contribution in [0.1, 0.15) is 64.2 Å². The van der Waals surface area contributed by atoms with E-state index in [2.05, 4.69) is 11.8 Å². The highest BCUT2D eigenvalue weighted by Crippen LogP contribution is 2.78. The van der Waals surface area contributed by atoms with Crippen molar-refractivity contribution in [1.29, 1.82) is 0 Å². The summed E-state index contributed by atoms with van der Waals surface area (Å²) in [6.45, 7) is 0. The van der Waals surface area contributed by atoms with E-state index >= 15 is 0 Å². The van der Waals surface area contributed by atoms with Crippen molar-refractivity contribution in [2.45, 2.75) is 73.2 Å². The van der Waals surface area contributed by atoms with E-state index in [1.807, 2.05) is 12.0 Å². The fourth-order valence-corrected chi connectivity index (χ4v) is 12.7. The van der Waals surface area contributed by atoms with Gasteiger partial charge in [-0.05, 0) is 112 Å². The molecule has 1 nitrogen and oxygen atoms in total. The zero-order valence-electron chi connectivity index (χ0n) is 13.9. The molecule has 9 fully saturated rings. The summed E-state index contributed by atoms with van der Waals surface area (Å²) in [5.74, 6) is 8.04. The number of hydrogen-bond donors (Lipinski definition) is 0. The summed E-state index contributed by atoms with van der Waals surface area (Å²) < 4.78 is 7.35. The quantitative estimate of drug-likeness (QED) is 0.519. The minimum Gasteiger partial charge on any atom is -0.296 e. The van der Waals surface area contributed by atoms with Crippen LogP contribution in [0.2, 0.25) is 0 Å². The molecule has 0 aromatic heterocycles. The lowest BCUT2D eigenvalue weighted by atomic mass is 9.54. The van der Waals surface area contributed by atoms with Gasteiger partial charge in [0, 0.05) is 12.0 Å². The van der Waals surface area contributed by atoms with Crippen molar-refractivity contribution in [2.75, 3.05) is 0 Å². The van der Waals surface area contributed by atoms with E-state index in [1.54, 1.807) is 12.8 Å². The van der Waals surface area contributed by atoms with Crippen LogP contribution in [0.3, 0.4) is 0 Å². The van der Waals surface area contributed by atoms with Crippen LogP contribution in [0.25, 0.3) is 0 Å². The molecule has 0 aromatic carbocycles. The molecule has 8 aliphatic carbocycles. The Labute approximate surface area is 148 Å². The van der Waals surface area contributed by atoms with Gasteiger partial charge in [0.25, 0.3) is 0 Å². The predicted molar refractivity (Wildman–Crippen MR) is 95.8 cm³/mol. The largest absolute Gasteiger partial charge is 0.296 e. The first-order valence-corrected chi connectivity index (χ1v) is 11.9. The predicted octanol–water partition coefficient (Wildman–Crippen LogP) is 5.70. The Morgan fingerprint density at radius 3 is 1.48 bits per heavy atom. The van der Waals surface area contributed by atoms with Crippen LogP contribution in [0.15, 0.2) is 0 Å². The second-order valence-electron chi connectivity index (χ2n) is 10.3. The van der Waals surface area contributed by atoms with Gasteiger partial charge in [0.1, 0.15) is 4.93 Å². The molecule has 0 N–H and O–H groups in total. The van der Waals surface area contributed by atoms with Crippen LogP contribution in [-0.4, -0.2) is 9.01 Å². The molecular weight excluding hydrogens is 320 g/mol. The summed E-state index contributed by atoms with van der Waals surface area (Å²) in [6.07, 6.45) is 15.3. The Kier molecular flexibility index (Phi) is 2.59. The lowest BCUT2D eigenvalue weighted by molar-refractivity contribution is -0.0907. The normalized spacial score (nSPS) is 67.8. The zero-order valence-corrected chi connectivity index (χ0v) is 15.5. The van der Waals surface area contributed by atoms with E-state index in [1.165, 1.54) is 51.4 Å². The van der Waals surface area contributed by atoms with E-state index < -0.39 is 0 Å². The maximum Gasteiger partial charge on any atom is 0.135 e. The van der Waals surface area contributed by atoms with Crippen molar-refractivity contribution < 1.29 is 4.18 Å². The Morgan fingerprint density at radius 1 is 0.565 bits per heavy atom. The van der Waals surface area contributed by atoms with Crippen LogP contribution in [0.5, 0.6) is 0 Å². The minimum absolute atomic E-state index is 0.244. The van der Waals surface area contributed by atoms with E-state index in [4.69, 9.17) is 4.18 Å². The third-order valence-corrected chi connectivity index (χ3v) is 13.1. The van der Waals surface area contributed by atoms with Crippen LogP contribution in [0, 0.1) is 47.3 Å². The maximum absolute atomic E-state index is 6.88. The fourth-order valence-electron chi connectivity index (χ4n) is 8.70. The lowest BCUT2D eigenvalue weighted by Gasteiger charge is -2.61. The molecule has 9 aliphatic rings. The van der Waals surface area contributed by atoms with Crippen molar-refractivity contribution in [1.82, 2.24) is 0 Å². The SMILES string of the molecule is C1C2CC3CC1CC(C2)C31OSC2(S1)C1CC3CC(C1)CC2C3. The van der Waals surface area contributed by atoms with Gasteiger partial charge in [-0.1, -0.05) is 0 Å². The first-order chi connectivity index (χ1) is 11.2. The minimum atomic E-state index is 0.244. The number of rotatable bonds is 0. The fraction of sp³-hybridized carbons (Fsp3) is 1.00. The highest BCUT2D eigenvalue weighted by Gasteiger charge is 2.70. The van der Waals surface area contributed by atoms with Crippen LogP contribution < -0.4 is 0 Å². The average Bonchev–Trinajstić information content (AvgIpc) is 2.92. The number of hydrogen-bond acceptors (Lipinski definition) is 3. The summed E-state index contributed by atoms with van der Waals surface area (Å²) in [7, 11) is 0. The van der Waals surface area contributed by atoms with Gasteiger partial charge in [-0.2, -0.15) is 0 Å². The third-order valence-electron chi connectivity index (χ3n) is 9.17. The van der Waals surface area contributed by atoms with Crippen LogP contribution in [0.4, 0.5) is 0 Å². The van der Waals surface area contributed by atoms with Crippen molar-refractivity contribution in [2.24, 2.45) is 47.3 Å². The average molecular weight is 349 g/mol. The summed E-state index contributed by atoms with van der Waals surface area (Å²) in [4.78, 5) is 0.244. The van der Waals surface area contributed by atoms with Crippen LogP contribution >= 0.6 is 23.8 Å². The molecule has 9 rings (SSSR count). The first kappa shape index (κ1) is 13.8. The van der Waals surface area contributed by atoms with Crippen molar-refractivity contribution in [3.63, 3.8) is 0 Å². The standard InChI is InChI=1S/C20H28OS2/c1-11-3-15-5-12(1)6-16(4-11)19(15)21-23-20(22-19)17-7-13-2-14(9-17)10-18(20)8-13/h11-18H,1-10H2. The molecule has 0 amide bonds. The van der Waals surface area contributed by atoms with Gasteiger partial charge in [0.2, 0.25) is 0 Å². The smallest absolute Gasteiger partial charge is 0.135 e. The van der Waals surface area contributed by atoms with Crippen LogP contribution in [-0.2, 0) is 4.18 Å². The topological polar surface area (TPSA) is 9.23 Å². The summed E-state index contributed by atoms with van der Waals surface area (Å²) in [6, 6.07) is 0. The van der Waals surface area contributed by atoms with Gasteiger partial charge in [0.15, 0.2) is 0 Å². The van der Waals surface area contributed by atoms with E-state index in [-0.39, 0.29) is 4.93 Å². The molecule has 23 heavy (non-hydrogen) atoms. The summed E-state index contributed by atoms with van der Waals surface area (Å²) in [5, 5.41) is 0. The van der Waals surface area contributed by atoms with Crippen molar-refractivity contribution in [3.05, 3.63) is 0 Å². The van der Waals surface area contributed by atoms with Gasteiger partial charge in [-0.15, -0.1) is 11.8 Å². The maximum atomic E-state index is 6.88. The molecule has 0 radical (unpaired) electrons.